The van der Waals surface area contributed by atoms with Crippen LogP contribution in [0.25, 0.3) is 0 Å². The van der Waals surface area contributed by atoms with Gasteiger partial charge >= 0.3 is 12.4 Å². The number of imidazole rings is 1. The number of alkyl halides is 6. The average Bonchev–Trinajstić information content (AvgIpc) is 3.07. The van der Waals surface area contributed by atoms with Crippen LogP contribution in [0.3, 0.4) is 0 Å². The maximum atomic E-state index is 13.2. The van der Waals surface area contributed by atoms with Gasteiger partial charge in [-0.05, 0) is 50.3 Å². The van der Waals surface area contributed by atoms with Crippen molar-refractivity contribution < 1.29 is 35.3 Å². The molecule has 32 heavy (non-hydrogen) atoms. The number of aromatic nitrogens is 2. The molecule has 0 aliphatic heterocycles. The van der Waals surface area contributed by atoms with Crippen molar-refractivity contribution in [3.8, 4) is 0 Å². The van der Waals surface area contributed by atoms with E-state index < -0.39 is 45.8 Å². The standard InChI is InChI=1S/C20H23F6N3O2S/c1-11-18(32(2,27)30)29-17(28-11)16(12-4-3-5-14(10-12)20(24,25)26)31-15-8-6-13(7-9-15)19(21,22)23/h3-5,10,13,15-16,27H,6-9H2,1-2H3,(H,28,29)/t13?,15?,16-,32+/m0/s1. The first-order valence-corrected chi connectivity index (χ1v) is 11.8. The minimum atomic E-state index is -4.60. The molecule has 1 fully saturated rings. The summed E-state index contributed by atoms with van der Waals surface area (Å²) >= 11 is 0. The summed E-state index contributed by atoms with van der Waals surface area (Å²) in [5.41, 5.74) is -0.498. The van der Waals surface area contributed by atoms with E-state index in [1.54, 1.807) is 0 Å². The molecule has 2 N–H and O–H groups in total. The highest BCUT2D eigenvalue weighted by Crippen LogP contribution is 2.40. The number of nitrogens with zero attached hydrogens (tertiary/aromatic N) is 1. The van der Waals surface area contributed by atoms with E-state index in [0.29, 0.717) is 5.69 Å². The first-order chi connectivity index (χ1) is 14.7. The molecule has 1 aromatic heterocycles. The Labute approximate surface area is 181 Å². The molecule has 2 aromatic rings. The van der Waals surface area contributed by atoms with E-state index in [1.165, 1.54) is 25.3 Å². The van der Waals surface area contributed by atoms with Crippen molar-refractivity contribution >= 4 is 9.73 Å². The normalized spacial score (nSPS) is 23.0. The van der Waals surface area contributed by atoms with Gasteiger partial charge in [0.2, 0.25) is 0 Å². The third kappa shape index (κ3) is 5.64. The summed E-state index contributed by atoms with van der Waals surface area (Å²) in [4.78, 5) is 7.00. The van der Waals surface area contributed by atoms with Crippen LogP contribution in [0.4, 0.5) is 26.3 Å². The average molecular weight is 483 g/mol. The van der Waals surface area contributed by atoms with Gasteiger partial charge in [0.1, 0.15) is 11.9 Å². The second-order valence-corrected chi connectivity index (χ2v) is 10.1. The van der Waals surface area contributed by atoms with Crippen LogP contribution in [0.1, 0.15) is 54.4 Å². The van der Waals surface area contributed by atoms with Crippen LogP contribution in [-0.4, -0.2) is 32.7 Å². The predicted molar refractivity (Wildman–Crippen MR) is 105 cm³/mol. The highest BCUT2D eigenvalue weighted by Gasteiger charge is 2.42. The summed E-state index contributed by atoms with van der Waals surface area (Å²) in [5.74, 6) is -1.38. The molecule has 0 bridgehead atoms. The minimum Gasteiger partial charge on any atom is -0.362 e. The Morgan fingerprint density at radius 1 is 1.16 bits per heavy atom. The van der Waals surface area contributed by atoms with Crippen molar-refractivity contribution in [3.05, 3.63) is 46.9 Å². The number of halogens is 6. The van der Waals surface area contributed by atoms with Crippen molar-refractivity contribution in [3.63, 3.8) is 0 Å². The molecule has 0 spiro atoms. The monoisotopic (exact) mass is 483 g/mol. The Morgan fingerprint density at radius 3 is 2.28 bits per heavy atom. The molecule has 1 aliphatic rings. The smallest absolute Gasteiger partial charge is 0.362 e. The van der Waals surface area contributed by atoms with Gasteiger partial charge in [-0.3, -0.25) is 0 Å². The van der Waals surface area contributed by atoms with Crippen LogP contribution in [0, 0.1) is 17.6 Å². The quantitative estimate of drug-likeness (QED) is 0.512. The summed E-state index contributed by atoms with van der Waals surface area (Å²) in [6, 6.07) is 4.41. The van der Waals surface area contributed by atoms with Gasteiger partial charge in [-0.15, -0.1) is 0 Å². The molecule has 12 heteroatoms. The molecule has 178 valence electrons. The number of H-pyrrole nitrogens is 1. The topological polar surface area (TPSA) is 78.8 Å². The lowest BCUT2D eigenvalue weighted by molar-refractivity contribution is -0.188. The van der Waals surface area contributed by atoms with Gasteiger partial charge in [-0.25, -0.2) is 14.0 Å². The summed E-state index contributed by atoms with van der Waals surface area (Å²) in [6.45, 7) is 1.53. The number of hydrogen-bond acceptors (Lipinski definition) is 4. The first kappa shape index (κ1) is 24.6. The van der Waals surface area contributed by atoms with Crippen LogP contribution in [0.5, 0.6) is 0 Å². The fourth-order valence-electron chi connectivity index (χ4n) is 3.87. The molecule has 1 aliphatic carbocycles. The maximum absolute atomic E-state index is 13.2. The van der Waals surface area contributed by atoms with Crippen LogP contribution in [0.15, 0.2) is 29.3 Å². The van der Waals surface area contributed by atoms with Gasteiger partial charge in [-0.2, -0.15) is 26.3 Å². The van der Waals surface area contributed by atoms with E-state index in [4.69, 9.17) is 9.52 Å². The zero-order valence-corrected chi connectivity index (χ0v) is 18.1. The molecular weight excluding hydrogens is 460 g/mol. The van der Waals surface area contributed by atoms with Crippen molar-refractivity contribution in [2.45, 2.75) is 62.2 Å². The van der Waals surface area contributed by atoms with Gasteiger partial charge in [0, 0.05) is 11.9 Å². The van der Waals surface area contributed by atoms with E-state index in [2.05, 4.69) is 9.97 Å². The van der Waals surface area contributed by atoms with Crippen molar-refractivity contribution in [1.29, 1.82) is 4.78 Å². The number of rotatable bonds is 5. The summed E-state index contributed by atoms with van der Waals surface area (Å²) in [5, 5.41) is -0.0474. The second kappa shape index (κ2) is 8.69. The Bertz CT molecular complexity index is 1050. The predicted octanol–water partition coefficient (Wildman–Crippen LogP) is 6.00. The van der Waals surface area contributed by atoms with Crippen molar-refractivity contribution in [2.24, 2.45) is 5.92 Å². The van der Waals surface area contributed by atoms with E-state index in [9.17, 15) is 30.6 Å². The Balaban J connectivity index is 1.95. The summed E-state index contributed by atoms with van der Waals surface area (Å²) in [6.07, 6.45) is -9.60. The van der Waals surface area contributed by atoms with Crippen molar-refractivity contribution in [2.75, 3.05) is 6.26 Å². The number of benzene rings is 1. The maximum Gasteiger partial charge on any atom is 0.416 e. The molecule has 2 atom stereocenters. The lowest BCUT2D eigenvalue weighted by atomic mass is 9.87. The molecule has 0 unspecified atom stereocenters. The molecular formula is C20H23F6N3O2S. The fourth-order valence-corrected chi connectivity index (χ4v) is 4.78. The molecule has 1 heterocycles. The molecule has 1 saturated carbocycles. The number of hydrogen-bond donors (Lipinski definition) is 2. The third-order valence-electron chi connectivity index (χ3n) is 5.46. The van der Waals surface area contributed by atoms with Crippen LogP contribution < -0.4 is 0 Å². The van der Waals surface area contributed by atoms with Gasteiger partial charge < -0.3 is 9.72 Å². The molecule has 0 saturated heterocycles. The number of nitrogens with one attached hydrogen (secondary N) is 2. The van der Waals surface area contributed by atoms with Crippen molar-refractivity contribution in [1.82, 2.24) is 9.97 Å². The number of aromatic amines is 1. The Hall–Kier alpha value is -2.08. The van der Waals surface area contributed by atoms with Gasteiger partial charge in [0.25, 0.3) is 0 Å². The number of ether oxygens (including phenoxy) is 1. The zero-order chi connectivity index (χ0) is 23.9. The van der Waals surface area contributed by atoms with E-state index in [1.807, 2.05) is 0 Å². The van der Waals surface area contributed by atoms with E-state index in [0.717, 1.165) is 12.1 Å². The fraction of sp³-hybridized carbons (Fsp3) is 0.550. The zero-order valence-electron chi connectivity index (χ0n) is 17.3. The van der Waals surface area contributed by atoms with E-state index >= 15 is 0 Å². The van der Waals surface area contributed by atoms with Crippen LogP contribution in [-0.2, 0) is 20.6 Å². The summed E-state index contributed by atoms with van der Waals surface area (Å²) < 4.78 is 105. The molecule has 0 radical (unpaired) electrons. The van der Waals surface area contributed by atoms with Gasteiger partial charge in [-0.1, -0.05) is 12.1 Å². The highest BCUT2D eigenvalue weighted by atomic mass is 32.2. The number of aryl methyl sites for hydroxylation is 1. The highest BCUT2D eigenvalue weighted by molar-refractivity contribution is 7.91. The van der Waals surface area contributed by atoms with Crippen LogP contribution >= 0.6 is 0 Å². The molecule has 0 amide bonds. The Kier molecular flexibility index (Phi) is 6.67. The lowest BCUT2D eigenvalue weighted by Crippen LogP contribution is -2.31. The second-order valence-electron chi connectivity index (χ2n) is 8.05. The molecule has 3 rings (SSSR count). The summed E-state index contributed by atoms with van der Waals surface area (Å²) in [7, 11) is -3.22. The molecule has 5 nitrogen and oxygen atoms in total. The van der Waals surface area contributed by atoms with Gasteiger partial charge in [0.15, 0.2) is 5.03 Å². The minimum absolute atomic E-state index is 0.0474. The van der Waals surface area contributed by atoms with Crippen LogP contribution in [0.2, 0.25) is 0 Å². The lowest BCUT2D eigenvalue weighted by Gasteiger charge is -2.32. The Morgan fingerprint density at radius 2 is 1.78 bits per heavy atom. The largest absolute Gasteiger partial charge is 0.416 e. The third-order valence-corrected chi connectivity index (χ3v) is 6.59. The van der Waals surface area contributed by atoms with Gasteiger partial charge in [0.05, 0.1) is 27.3 Å². The molecule has 1 aromatic carbocycles. The first-order valence-electron chi connectivity index (χ1n) is 9.86. The SMILES string of the molecule is Cc1[nH]c([C@@H](OC2CCC(C(F)(F)F)CC2)c2cccc(C(F)(F)F)c2)nc1[S@](C)(=N)=O. The van der Waals surface area contributed by atoms with E-state index in [-0.39, 0.29) is 42.1 Å².